The summed E-state index contributed by atoms with van der Waals surface area (Å²) in [6, 6.07) is 6.80. The lowest BCUT2D eigenvalue weighted by molar-refractivity contribution is 0.0462. The molecule has 0 saturated carbocycles. The van der Waals surface area contributed by atoms with E-state index in [4.69, 9.17) is 4.74 Å². The minimum Gasteiger partial charge on any atom is -0.455 e. The third kappa shape index (κ3) is 3.18. The zero-order valence-corrected chi connectivity index (χ0v) is 13.8. The molecule has 0 fully saturated rings. The lowest BCUT2D eigenvalue weighted by Gasteiger charge is -2.05. The number of nitrogens with zero attached hydrogens (tertiary/aromatic N) is 3. The van der Waals surface area contributed by atoms with Gasteiger partial charge in [0.15, 0.2) is 0 Å². The maximum atomic E-state index is 13.5. The van der Waals surface area contributed by atoms with Gasteiger partial charge in [-0.05, 0) is 12.1 Å². The maximum absolute atomic E-state index is 13.5. The molecule has 6 nitrogen and oxygen atoms in total. The Hall–Kier alpha value is -2.61. The smallest absolute Gasteiger partial charge is 0.341 e. The van der Waals surface area contributed by atoms with Gasteiger partial charge in [-0.1, -0.05) is 37.3 Å². The Bertz CT molecular complexity index is 965. The minimum atomic E-state index is -0.803. The van der Waals surface area contributed by atoms with Gasteiger partial charge in [0.2, 0.25) is 4.96 Å². The highest BCUT2D eigenvalue weighted by atomic mass is 32.1. The molecular weight excluding hydrogens is 333 g/mol. The van der Waals surface area contributed by atoms with Gasteiger partial charge in [0, 0.05) is 12.0 Å². The summed E-state index contributed by atoms with van der Waals surface area (Å²) in [6.07, 6.45) is 0. The number of hydrogen-bond acceptors (Lipinski definition) is 6. The molecule has 2 aromatic heterocycles. The molecule has 24 heavy (non-hydrogen) atoms. The first-order chi connectivity index (χ1) is 11.5. The van der Waals surface area contributed by atoms with Gasteiger partial charge in [0.1, 0.15) is 17.4 Å². The molecule has 0 radical (unpaired) electrons. The van der Waals surface area contributed by atoms with Gasteiger partial charge in [-0.3, -0.25) is 4.79 Å². The van der Waals surface area contributed by atoms with E-state index < -0.39 is 11.8 Å². The standard InChI is InChI=1S/C16H14FN3O3S/c1-9(2)14-19-20-13(21)7-10(18-16(20)24-14)8-23-15(22)11-5-3-4-6-12(11)17/h3-7,9H,8H2,1-2H3. The SMILES string of the molecule is CC(C)c1nn2c(=O)cc(COC(=O)c3ccccc3F)nc2s1. The van der Waals surface area contributed by atoms with Crippen LogP contribution in [0.1, 0.15) is 40.8 Å². The molecule has 0 aliphatic rings. The predicted molar refractivity (Wildman–Crippen MR) is 86.7 cm³/mol. The number of benzene rings is 1. The van der Waals surface area contributed by atoms with Crippen molar-refractivity contribution in [3.05, 3.63) is 62.8 Å². The van der Waals surface area contributed by atoms with E-state index in [2.05, 4.69) is 10.1 Å². The minimum absolute atomic E-state index is 0.157. The van der Waals surface area contributed by atoms with Crippen LogP contribution >= 0.6 is 11.3 Å². The van der Waals surface area contributed by atoms with Crippen LogP contribution in [0.4, 0.5) is 4.39 Å². The number of hydrogen-bond donors (Lipinski definition) is 0. The highest BCUT2D eigenvalue weighted by Crippen LogP contribution is 2.20. The van der Waals surface area contributed by atoms with Crippen LogP contribution in [0.25, 0.3) is 4.96 Å². The molecule has 2 heterocycles. The van der Waals surface area contributed by atoms with Crippen LogP contribution in [-0.2, 0) is 11.3 Å². The number of ether oxygens (including phenoxy) is 1. The summed E-state index contributed by atoms with van der Waals surface area (Å²) in [5.41, 5.74) is -0.209. The predicted octanol–water partition coefficient (Wildman–Crippen LogP) is 2.77. The average molecular weight is 347 g/mol. The Morgan fingerprint density at radius 1 is 1.38 bits per heavy atom. The van der Waals surface area contributed by atoms with Gasteiger partial charge in [-0.25, -0.2) is 14.2 Å². The van der Waals surface area contributed by atoms with Crippen LogP contribution in [0.5, 0.6) is 0 Å². The van der Waals surface area contributed by atoms with E-state index in [1.807, 2.05) is 13.8 Å². The normalized spacial score (nSPS) is 11.2. The fraction of sp³-hybridized carbons (Fsp3) is 0.250. The summed E-state index contributed by atoms with van der Waals surface area (Å²) in [5.74, 6) is -1.28. The molecule has 0 spiro atoms. The summed E-state index contributed by atoms with van der Waals surface area (Å²) in [6.45, 7) is 3.73. The number of fused-ring (bicyclic) bond motifs is 1. The van der Waals surface area contributed by atoms with E-state index in [-0.39, 0.29) is 23.6 Å². The molecular formula is C16H14FN3O3S. The fourth-order valence-electron chi connectivity index (χ4n) is 2.02. The zero-order chi connectivity index (χ0) is 17.3. The van der Waals surface area contributed by atoms with Crippen LogP contribution in [-0.4, -0.2) is 20.6 Å². The third-order valence-corrected chi connectivity index (χ3v) is 4.46. The van der Waals surface area contributed by atoms with E-state index in [1.54, 1.807) is 6.07 Å². The van der Waals surface area contributed by atoms with E-state index >= 15 is 0 Å². The molecule has 0 aliphatic carbocycles. The van der Waals surface area contributed by atoms with Crippen molar-refractivity contribution in [2.75, 3.05) is 0 Å². The van der Waals surface area contributed by atoms with Crippen molar-refractivity contribution < 1.29 is 13.9 Å². The lowest BCUT2D eigenvalue weighted by atomic mass is 10.2. The Labute approximate surface area is 140 Å². The summed E-state index contributed by atoms with van der Waals surface area (Å²) in [4.78, 5) is 28.7. The van der Waals surface area contributed by atoms with E-state index in [1.165, 1.54) is 40.1 Å². The number of halogens is 1. The summed E-state index contributed by atoms with van der Waals surface area (Å²) < 4.78 is 19.8. The van der Waals surface area contributed by atoms with E-state index in [0.717, 1.165) is 5.01 Å². The molecule has 0 N–H and O–H groups in total. The van der Waals surface area contributed by atoms with Crippen LogP contribution in [0, 0.1) is 5.82 Å². The number of rotatable bonds is 4. The van der Waals surface area contributed by atoms with Gasteiger partial charge >= 0.3 is 5.97 Å². The second kappa shape index (κ2) is 6.48. The number of carbonyl (C=O) groups is 1. The first-order valence-electron chi connectivity index (χ1n) is 7.27. The van der Waals surface area contributed by atoms with Crippen molar-refractivity contribution in [3.8, 4) is 0 Å². The topological polar surface area (TPSA) is 73.6 Å². The van der Waals surface area contributed by atoms with E-state index in [0.29, 0.717) is 10.7 Å². The van der Waals surface area contributed by atoms with Gasteiger partial charge in [-0.2, -0.15) is 9.61 Å². The first kappa shape index (κ1) is 16.3. The van der Waals surface area contributed by atoms with Crippen LogP contribution in [0.3, 0.4) is 0 Å². The Morgan fingerprint density at radius 2 is 2.12 bits per heavy atom. The van der Waals surface area contributed by atoms with Crippen LogP contribution in [0.2, 0.25) is 0 Å². The quantitative estimate of drug-likeness (QED) is 0.679. The summed E-state index contributed by atoms with van der Waals surface area (Å²) in [5, 5.41) is 5.00. The largest absolute Gasteiger partial charge is 0.455 e. The summed E-state index contributed by atoms with van der Waals surface area (Å²) in [7, 11) is 0. The van der Waals surface area contributed by atoms with Gasteiger partial charge in [0.25, 0.3) is 5.56 Å². The van der Waals surface area contributed by atoms with Crippen LogP contribution in [0.15, 0.2) is 35.1 Å². The number of aromatic nitrogens is 3. The van der Waals surface area contributed by atoms with Crippen molar-refractivity contribution >= 4 is 22.3 Å². The molecule has 1 aromatic carbocycles. The fourth-order valence-corrected chi connectivity index (χ4v) is 2.95. The van der Waals surface area contributed by atoms with Crippen molar-refractivity contribution in [3.63, 3.8) is 0 Å². The molecule has 0 unspecified atom stereocenters. The van der Waals surface area contributed by atoms with Crippen molar-refractivity contribution in [1.82, 2.24) is 14.6 Å². The second-order valence-electron chi connectivity index (χ2n) is 5.43. The molecule has 3 aromatic rings. The third-order valence-electron chi connectivity index (χ3n) is 3.25. The molecule has 0 saturated heterocycles. The maximum Gasteiger partial charge on any atom is 0.341 e. The molecule has 3 rings (SSSR count). The monoisotopic (exact) mass is 347 g/mol. The average Bonchev–Trinajstić information content (AvgIpc) is 2.98. The van der Waals surface area contributed by atoms with Crippen molar-refractivity contribution in [2.45, 2.75) is 26.4 Å². The summed E-state index contributed by atoms with van der Waals surface area (Å²) >= 11 is 1.31. The second-order valence-corrected chi connectivity index (χ2v) is 6.42. The molecule has 0 amide bonds. The highest BCUT2D eigenvalue weighted by Gasteiger charge is 2.15. The Kier molecular flexibility index (Phi) is 4.39. The van der Waals surface area contributed by atoms with E-state index in [9.17, 15) is 14.0 Å². The Balaban J connectivity index is 1.82. The van der Waals surface area contributed by atoms with Crippen molar-refractivity contribution in [1.29, 1.82) is 0 Å². The Morgan fingerprint density at radius 3 is 2.83 bits per heavy atom. The van der Waals surface area contributed by atoms with Gasteiger partial charge in [-0.15, -0.1) is 0 Å². The lowest BCUT2D eigenvalue weighted by Crippen LogP contribution is -2.17. The molecule has 124 valence electrons. The molecule has 8 heteroatoms. The van der Waals surface area contributed by atoms with Crippen molar-refractivity contribution in [2.24, 2.45) is 0 Å². The molecule has 0 bridgehead atoms. The first-order valence-corrected chi connectivity index (χ1v) is 8.08. The number of esters is 1. The zero-order valence-electron chi connectivity index (χ0n) is 13.0. The molecule has 0 atom stereocenters. The van der Waals surface area contributed by atoms with Crippen LogP contribution < -0.4 is 5.56 Å². The van der Waals surface area contributed by atoms with Gasteiger partial charge < -0.3 is 4.74 Å². The van der Waals surface area contributed by atoms with Gasteiger partial charge in [0.05, 0.1) is 11.3 Å². The highest BCUT2D eigenvalue weighted by molar-refractivity contribution is 7.16. The number of carbonyl (C=O) groups excluding carboxylic acids is 1. The molecule has 0 aliphatic heterocycles.